The molecule has 0 saturated carbocycles. The highest BCUT2D eigenvalue weighted by molar-refractivity contribution is 7.85. The van der Waals surface area contributed by atoms with Gasteiger partial charge in [0.25, 0.3) is 10.1 Å². The van der Waals surface area contributed by atoms with Crippen LogP contribution < -0.4 is 10.6 Å². The molecule has 1 aliphatic rings. The number of rotatable bonds is 3. The van der Waals surface area contributed by atoms with Gasteiger partial charge in [0.2, 0.25) is 5.91 Å². The summed E-state index contributed by atoms with van der Waals surface area (Å²) in [6.07, 6.45) is 3.55. The van der Waals surface area contributed by atoms with E-state index in [4.69, 9.17) is 33.5 Å². The van der Waals surface area contributed by atoms with Crippen LogP contribution in [0.3, 0.4) is 0 Å². The van der Waals surface area contributed by atoms with Crippen LogP contribution in [-0.4, -0.2) is 37.0 Å². The monoisotopic (exact) mass is 445 g/mol. The fourth-order valence-corrected chi connectivity index (χ4v) is 3.73. The van der Waals surface area contributed by atoms with Crippen molar-refractivity contribution in [3.8, 4) is 0 Å². The van der Waals surface area contributed by atoms with Gasteiger partial charge in [-0.25, -0.2) is 4.98 Å². The van der Waals surface area contributed by atoms with Crippen molar-refractivity contribution in [2.45, 2.75) is 24.7 Å². The van der Waals surface area contributed by atoms with Gasteiger partial charge < -0.3 is 10.6 Å². The number of nitrogens with zero attached hydrogens (tertiary/aromatic N) is 2. The fourth-order valence-electron chi connectivity index (χ4n) is 2.80. The predicted octanol–water partition coefficient (Wildman–Crippen LogP) is 3.66. The molecule has 1 fully saturated rings. The zero-order valence-electron chi connectivity index (χ0n) is 15.2. The van der Waals surface area contributed by atoms with Crippen LogP contribution in [0.2, 0.25) is 10.0 Å². The molecular formula is C18H21Cl2N3O4S. The van der Waals surface area contributed by atoms with Gasteiger partial charge >= 0.3 is 0 Å². The summed E-state index contributed by atoms with van der Waals surface area (Å²) in [6, 6.07) is 7.56. The van der Waals surface area contributed by atoms with Crippen LogP contribution in [0.15, 0.2) is 41.4 Å². The van der Waals surface area contributed by atoms with Crippen LogP contribution in [0.25, 0.3) is 0 Å². The molecule has 28 heavy (non-hydrogen) atoms. The standard InChI is InChI=1S/C11H16N2O3S.C7H5Cl2NO/c1-9-3-2-6-13(8-9)11-5-4-10(7-12-11)17(14,15)16;8-4-1-2-5(7(10)11)6(9)3-4/h4-5,7,9H,2-3,6,8H2,1H3,(H,14,15,16);1-3H,(H2,10,11). The van der Waals surface area contributed by atoms with E-state index in [1.807, 2.05) is 0 Å². The molecular weight excluding hydrogens is 425 g/mol. The van der Waals surface area contributed by atoms with Gasteiger partial charge in [-0.15, -0.1) is 0 Å². The van der Waals surface area contributed by atoms with Gasteiger partial charge in [0.05, 0.1) is 16.8 Å². The Labute approximate surface area is 174 Å². The number of hydrogen-bond acceptors (Lipinski definition) is 5. The second-order valence-corrected chi connectivity index (χ2v) is 8.77. The second-order valence-electron chi connectivity index (χ2n) is 6.51. The Morgan fingerprint density at radius 2 is 2.00 bits per heavy atom. The van der Waals surface area contributed by atoms with E-state index in [0.29, 0.717) is 10.9 Å². The number of pyridine rings is 1. The molecule has 2 heterocycles. The maximum atomic E-state index is 10.9. The number of piperidine rings is 1. The lowest BCUT2D eigenvalue weighted by Crippen LogP contribution is -2.34. The van der Waals surface area contributed by atoms with E-state index in [-0.39, 0.29) is 15.5 Å². The topological polar surface area (TPSA) is 114 Å². The molecule has 3 N–H and O–H groups in total. The van der Waals surface area contributed by atoms with Crippen molar-refractivity contribution < 1.29 is 17.8 Å². The maximum absolute atomic E-state index is 10.9. The minimum Gasteiger partial charge on any atom is -0.366 e. The van der Waals surface area contributed by atoms with E-state index in [0.717, 1.165) is 25.3 Å². The van der Waals surface area contributed by atoms with E-state index in [1.54, 1.807) is 12.1 Å². The molecule has 1 unspecified atom stereocenters. The summed E-state index contributed by atoms with van der Waals surface area (Å²) in [5.74, 6) is 0.849. The third kappa shape index (κ3) is 6.34. The largest absolute Gasteiger partial charge is 0.366 e. The van der Waals surface area contributed by atoms with Crippen LogP contribution in [-0.2, 0) is 10.1 Å². The SMILES string of the molecule is CC1CCCN(c2ccc(S(=O)(=O)O)cn2)C1.NC(=O)c1ccc(Cl)cc1Cl. The third-order valence-corrected chi connectivity index (χ3v) is 5.58. The van der Waals surface area contributed by atoms with Crippen molar-refractivity contribution in [2.75, 3.05) is 18.0 Å². The van der Waals surface area contributed by atoms with Crippen LogP contribution >= 0.6 is 23.2 Å². The highest BCUT2D eigenvalue weighted by Gasteiger charge is 2.18. The first-order chi connectivity index (χ1) is 13.1. The van der Waals surface area contributed by atoms with E-state index >= 15 is 0 Å². The maximum Gasteiger partial charge on any atom is 0.296 e. The molecule has 1 atom stereocenters. The lowest BCUT2D eigenvalue weighted by molar-refractivity contribution is 0.100. The smallest absolute Gasteiger partial charge is 0.296 e. The van der Waals surface area contributed by atoms with E-state index in [1.165, 1.54) is 30.8 Å². The van der Waals surface area contributed by atoms with Gasteiger partial charge in [-0.2, -0.15) is 8.42 Å². The predicted molar refractivity (Wildman–Crippen MR) is 110 cm³/mol. The normalized spacial score (nSPS) is 16.9. The zero-order valence-corrected chi connectivity index (χ0v) is 17.5. The Hall–Kier alpha value is -1.87. The number of amides is 1. The van der Waals surface area contributed by atoms with Gasteiger partial charge in [-0.1, -0.05) is 30.1 Å². The number of nitrogens with two attached hydrogens (primary N) is 1. The number of carbonyl (C=O) groups excluding carboxylic acids is 1. The van der Waals surface area contributed by atoms with Crippen LogP contribution in [0.5, 0.6) is 0 Å². The van der Waals surface area contributed by atoms with Crippen LogP contribution in [0, 0.1) is 5.92 Å². The van der Waals surface area contributed by atoms with E-state index < -0.39 is 16.0 Å². The zero-order chi connectivity index (χ0) is 20.9. The molecule has 0 radical (unpaired) electrons. The number of carbonyl (C=O) groups is 1. The van der Waals surface area contributed by atoms with Crippen molar-refractivity contribution >= 4 is 45.0 Å². The van der Waals surface area contributed by atoms with Gasteiger partial charge in [0.15, 0.2) is 0 Å². The summed E-state index contributed by atoms with van der Waals surface area (Å²) in [7, 11) is -4.14. The van der Waals surface area contributed by atoms with Gasteiger partial charge in [-0.3, -0.25) is 9.35 Å². The number of primary amides is 1. The number of anilines is 1. The molecule has 0 spiro atoms. The molecule has 1 aromatic heterocycles. The van der Waals surface area contributed by atoms with Crippen molar-refractivity contribution in [3.63, 3.8) is 0 Å². The minimum atomic E-state index is -4.14. The van der Waals surface area contributed by atoms with Crippen molar-refractivity contribution in [2.24, 2.45) is 11.7 Å². The Bertz CT molecular complexity index is 936. The Balaban J connectivity index is 0.000000221. The summed E-state index contributed by atoms with van der Waals surface area (Å²) < 4.78 is 30.6. The lowest BCUT2D eigenvalue weighted by atomic mass is 10.0. The van der Waals surface area contributed by atoms with Crippen molar-refractivity contribution in [1.29, 1.82) is 0 Å². The van der Waals surface area contributed by atoms with Gasteiger partial charge in [-0.05, 0) is 49.1 Å². The Morgan fingerprint density at radius 3 is 2.50 bits per heavy atom. The van der Waals surface area contributed by atoms with Crippen molar-refractivity contribution in [1.82, 2.24) is 4.98 Å². The molecule has 1 amide bonds. The Morgan fingerprint density at radius 1 is 1.29 bits per heavy atom. The number of benzene rings is 1. The second kappa shape index (κ2) is 9.56. The highest BCUT2D eigenvalue weighted by atomic mass is 35.5. The fraction of sp³-hybridized carbons (Fsp3) is 0.333. The summed E-state index contributed by atoms with van der Waals surface area (Å²) >= 11 is 11.2. The average molecular weight is 446 g/mol. The first kappa shape index (κ1) is 22.4. The highest BCUT2D eigenvalue weighted by Crippen LogP contribution is 2.22. The van der Waals surface area contributed by atoms with Gasteiger partial charge in [0.1, 0.15) is 10.7 Å². The minimum absolute atomic E-state index is 0.161. The molecule has 2 aromatic rings. The summed E-state index contributed by atoms with van der Waals surface area (Å²) in [4.78, 5) is 16.7. The molecule has 1 aliphatic heterocycles. The van der Waals surface area contributed by atoms with Gasteiger partial charge in [0, 0.05) is 18.1 Å². The Kier molecular flexibility index (Phi) is 7.65. The molecule has 3 rings (SSSR count). The molecule has 10 heteroatoms. The number of halogens is 2. The molecule has 7 nitrogen and oxygen atoms in total. The molecule has 1 saturated heterocycles. The average Bonchev–Trinajstić information content (AvgIpc) is 2.61. The van der Waals surface area contributed by atoms with Crippen LogP contribution in [0.1, 0.15) is 30.1 Å². The third-order valence-electron chi connectivity index (χ3n) is 4.20. The summed E-state index contributed by atoms with van der Waals surface area (Å²) in [6.45, 7) is 4.08. The number of hydrogen-bond donors (Lipinski definition) is 2. The quantitative estimate of drug-likeness (QED) is 0.696. The van der Waals surface area contributed by atoms with E-state index in [9.17, 15) is 13.2 Å². The van der Waals surface area contributed by atoms with E-state index in [2.05, 4.69) is 16.8 Å². The molecule has 0 aliphatic carbocycles. The summed E-state index contributed by atoms with van der Waals surface area (Å²) in [5, 5.41) is 0.769. The first-order valence-electron chi connectivity index (χ1n) is 8.51. The lowest BCUT2D eigenvalue weighted by Gasteiger charge is -2.31. The molecule has 0 bridgehead atoms. The molecule has 1 aromatic carbocycles. The van der Waals surface area contributed by atoms with Crippen LogP contribution in [0.4, 0.5) is 5.82 Å². The first-order valence-corrected chi connectivity index (χ1v) is 10.7. The number of aromatic nitrogens is 1. The summed E-state index contributed by atoms with van der Waals surface area (Å²) in [5.41, 5.74) is 5.29. The van der Waals surface area contributed by atoms with Crippen molar-refractivity contribution in [3.05, 3.63) is 52.1 Å². The molecule has 152 valence electrons.